The standard InChI is InChI=1S/C6H4INO3/c7-11-6-2-1-4(8-10)3-5(6)9/h1-3,9H. The molecule has 0 aromatic heterocycles. The van der Waals surface area contributed by atoms with Crippen molar-refractivity contribution < 1.29 is 8.17 Å². The van der Waals surface area contributed by atoms with Gasteiger partial charge in [-0.05, 0) is 17.3 Å². The van der Waals surface area contributed by atoms with Crippen molar-refractivity contribution in [1.82, 2.24) is 0 Å². The van der Waals surface area contributed by atoms with E-state index >= 15 is 0 Å². The van der Waals surface area contributed by atoms with Crippen LogP contribution in [0.15, 0.2) is 23.4 Å². The van der Waals surface area contributed by atoms with Crippen LogP contribution in [0.4, 0.5) is 5.69 Å². The smallest absolute Gasteiger partial charge is 0.192 e. The molecular weight excluding hydrogens is 261 g/mol. The third-order valence-electron chi connectivity index (χ3n) is 1.13. The van der Waals surface area contributed by atoms with E-state index in [0.717, 1.165) is 0 Å². The van der Waals surface area contributed by atoms with Crippen LogP contribution in [0.5, 0.6) is 11.5 Å². The molecule has 0 atom stereocenters. The Morgan fingerprint density at radius 3 is 2.73 bits per heavy atom. The topological polar surface area (TPSA) is 58.9 Å². The van der Waals surface area contributed by atoms with E-state index in [9.17, 15) is 4.91 Å². The summed E-state index contributed by atoms with van der Waals surface area (Å²) in [6.07, 6.45) is 0. The number of hydrogen-bond acceptors (Lipinski definition) is 4. The van der Waals surface area contributed by atoms with Crippen molar-refractivity contribution >= 4 is 28.7 Å². The highest BCUT2D eigenvalue weighted by Gasteiger charge is 2.01. The minimum absolute atomic E-state index is 0.0866. The normalized spacial score (nSPS) is 9.18. The van der Waals surface area contributed by atoms with Crippen molar-refractivity contribution in [3.63, 3.8) is 0 Å². The molecule has 1 aromatic carbocycles. The molecule has 0 unspecified atom stereocenters. The molecule has 5 heteroatoms. The van der Waals surface area contributed by atoms with Crippen LogP contribution in [0.25, 0.3) is 0 Å². The van der Waals surface area contributed by atoms with E-state index in [4.69, 9.17) is 8.17 Å². The summed E-state index contributed by atoms with van der Waals surface area (Å²) in [5.41, 5.74) is 0.180. The summed E-state index contributed by atoms with van der Waals surface area (Å²) in [6.45, 7) is 0. The van der Waals surface area contributed by atoms with Gasteiger partial charge in [0, 0.05) is 6.07 Å². The molecule has 0 bridgehead atoms. The molecule has 0 aliphatic rings. The van der Waals surface area contributed by atoms with Crippen molar-refractivity contribution in [2.24, 2.45) is 5.18 Å². The minimum atomic E-state index is -0.0866. The highest BCUT2D eigenvalue weighted by atomic mass is 127. The number of phenols is 1. The third-order valence-corrected chi connectivity index (χ3v) is 1.61. The van der Waals surface area contributed by atoms with E-state index in [1.807, 2.05) is 0 Å². The summed E-state index contributed by atoms with van der Waals surface area (Å²) < 4.78 is 4.72. The maximum absolute atomic E-state index is 9.95. The van der Waals surface area contributed by atoms with Crippen molar-refractivity contribution in [3.05, 3.63) is 23.1 Å². The molecule has 58 valence electrons. The minimum Gasteiger partial charge on any atom is -0.504 e. The van der Waals surface area contributed by atoms with Crippen LogP contribution in [0, 0.1) is 4.91 Å². The van der Waals surface area contributed by atoms with Crippen LogP contribution in [0.2, 0.25) is 0 Å². The molecular formula is C6H4INO3. The maximum Gasteiger partial charge on any atom is 0.192 e. The molecule has 0 saturated carbocycles. The third kappa shape index (κ3) is 1.79. The van der Waals surface area contributed by atoms with Gasteiger partial charge in [-0.15, -0.1) is 4.91 Å². The van der Waals surface area contributed by atoms with Crippen LogP contribution in [0.3, 0.4) is 0 Å². The summed E-state index contributed by atoms with van der Waals surface area (Å²) in [7, 11) is 0. The number of hydrogen-bond donors (Lipinski definition) is 1. The van der Waals surface area contributed by atoms with E-state index < -0.39 is 0 Å². The van der Waals surface area contributed by atoms with E-state index in [2.05, 4.69) is 5.18 Å². The second kappa shape index (κ2) is 3.51. The predicted molar refractivity (Wildman–Crippen MR) is 48.2 cm³/mol. The SMILES string of the molecule is O=Nc1ccc(OI)c(O)c1. The molecule has 0 saturated heterocycles. The lowest BCUT2D eigenvalue weighted by atomic mass is 10.3. The zero-order chi connectivity index (χ0) is 8.27. The molecule has 0 spiro atoms. The zero-order valence-electron chi connectivity index (χ0n) is 5.32. The summed E-state index contributed by atoms with van der Waals surface area (Å²) >= 11 is 1.63. The number of phenolic OH excluding ortho intramolecular Hbond substituents is 1. The lowest BCUT2D eigenvalue weighted by Gasteiger charge is -1.98. The van der Waals surface area contributed by atoms with Crippen LogP contribution in [0.1, 0.15) is 0 Å². The zero-order valence-corrected chi connectivity index (χ0v) is 7.48. The van der Waals surface area contributed by atoms with Crippen molar-refractivity contribution in [2.45, 2.75) is 0 Å². The average molecular weight is 265 g/mol. The Balaban J connectivity index is 3.09. The number of benzene rings is 1. The van der Waals surface area contributed by atoms with Gasteiger partial charge in [0.2, 0.25) is 0 Å². The van der Waals surface area contributed by atoms with Gasteiger partial charge < -0.3 is 8.17 Å². The van der Waals surface area contributed by atoms with Gasteiger partial charge in [0.15, 0.2) is 34.5 Å². The lowest BCUT2D eigenvalue weighted by Crippen LogP contribution is -1.74. The molecule has 1 rings (SSSR count). The second-order valence-corrected chi connectivity index (χ2v) is 2.26. The molecule has 4 nitrogen and oxygen atoms in total. The Labute approximate surface area is 76.8 Å². The fourth-order valence-corrected chi connectivity index (χ4v) is 1.00. The molecule has 1 N–H and O–H groups in total. The quantitative estimate of drug-likeness (QED) is 0.660. The molecule has 0 heterocycles. The molecule has 0 fully saturated rings. The lowest BCUT2D eigenvalue weighted by molar-refractivity contribution is 0.457. The molecule has 0 amide bonds. The van der Waals surface area contributed by atoms with Gasteiger partial charge in [-0.25, -0.2) is 0 Å². The number of halogens is 1. The fraction of sp³-hybridized carbons (Fsp3) is 0. The van der Waals surface area contributed by atoms with E-state index in [1.54, 1.807) is 23.0 Å². The van der Waals surface area contributed by atoms with Crippen LogP contribution in [-0.4, -0.2) is 5.11 Å². The molecule has 11 heavy (non-hydrogen) atoms. The highest BCUT2D eigenvalue weighted by Crippen LogP contribution is 2.31. The van der Waals surface area contributed by atoms with Crippen LogP contribution in [-0.2, 0) is 0 Å². The van der Waals surface area contributed by atoms with Gasteiger partial charge >= 0.3 is 0 Å². The monoisotopic (exact) mass is 265 g/mol. The van der Waals surface area contributed by atoms with Crippen molar-refractivity contribution in [3.8, 4) is 11.5 Å². The Morgan fingerprint density at radius 2 is 2.27 bits per heavy atom. The van der Waals surface area contributed by atoms with Crippen LogP contribution < -0.4 is 3.07 Å². The summed E-state index contributed by atoms with van der Waals surface area (Å²) in [6, 6.07) is 4.17. The first-order valence-corrected chi connectivity index (χ1v) is 3.61. The predicted octanol–water partition coefficient (Wildman–Crippen LogP) is 2.52. The van der Waals surface area contributed by atoms with Gasteiger partial charge in [0.05, 0.1) is 0 Å². The van der Waals surface area contributed by atoms with E-state index in [-0.39, 0.29) is 11.4 Å². The van der Waals surface area contributed by atoms with Gasteiger partial charge in [-0.2, -0.15) is 0 Å². The van der Waals surface area contributed by atoms with Gasteiger partial charge in [0.1, 0.15) is 5.69 Å². The fourth-order valence-electron chi connectivity index (χ4n) is 0.628. The van der Waals surface area contributed by atoms with Crippen molar-refractivity contribution in [2.75, 3.05) is 0 Å². The summed E-state index contributed by atoms with van der Waals surface area (Å²) in [5.74, 6) is 0.231. The van der Waals surface area contributed by atoms with Gasteiger partial charge in [-0.1, -0.05) is 0 Å². The Kier molecular flexibility index (Phi) is 2.64. The van der Waals surface area contributed by atoms with Gasteiger partial charge in [-0.3, -0.25) is 0 Å². The number of nitrogens with zero attached hydrogens (tertiary/aromatic N) is 1. The first kappa shape index (κ1) is 8.25. The van der Waals surface area contributed by atoms with E-state index in [0.29, 0.717) is 5.75 Å². The maximum atomic E-state index is 9.95. The number of nitroso groups, excluding NO2 is 1. The molecule has 0 aliphatic carbocycles. The first-order chi connectivity index (χ1) is 5.27. The van der Waals surface area contributed by atoms with E-state index in [1.165, 1.54) is 18.2 Å². The molecule has 1 aromatic rings. The molecule has 0 radical (unpaired) electrons. The average Bonchev–Trinajstić information content (AvgIpc) is 2.04. The van der Waals surface area contributed by atoms with Crippen molar-refractivity contribution in [1.29, 1.82) is 0 Å². The summed E-state index contributed by atoms with van der Waals surface area (Å²) in [5, 5.41) is 11.7. The summed E-state index contributed by atoms with van der Waals surface area (Å²) in [4.78, 5) is 9.95. The first-order valence-electron chi connectivity index (χ1n) is 2.73. The largest absolute Gasteiger partial charge is 0.504 e. The Bertz CT molecular complexity index is 277. The molecule has 0 aliphatic heterocycles. The Morgan fingerprint density at radius 1 is 1.55 bits per heavy atom. The number of rotatable bonds is 2. The second-order valence-electron chi connectivity index (χ2n) is 1.82. The van der Waals surface area contributed by atoms with Gasteiger partial charge in [0.25, 0.3) is 0 Å². The number of aromatic hydroxyl groups is 1. The Hall–Kier alpha value is -0.850. The highest BCUT2D eigenvalue weighted by molar-refractivity contribution is 14.1. The van der Waals surface area contributed by atoms with Crippen LogP contribution >= 0.6 is 23.0 Å².